The van der Waals surface area contributed by atoms with Gasteiger partial charge in [0.15, 0.2) is 5.79 Å². The first-order valence-corrected chi connectivity index (χ1v) is 8.30. The van der Waals surface area contributed by atoms with Gasteiger partial charge in [0.2, 0.25) is 0 Å². The van der Waals surface area contributed by atoms with Gasteiger partial charge in [0.1, 0.15) is 12.2 Å². The molecule has 1 aromatic carbocycles. The van der Waals surface area contributed by atoms with E-state index in [2.05, 4.69) is 0 Å². The quantitative estimate of drug-likeness (QED) is 0.810. The SMILES string of the molecule is CC1(C)OC(CNS(=O)(=O)O)C(c2c(Cl)cccc2Cl)O1. The van der Waals surface area contributed by atoms with E-state index < -0.39 is 28.3 Å². The number of hydrogen-bond acceptors (Lipinski definition) is 4. The van der Waals surface area contributed by atoms with Crippen LogP contribution in [-0.4, -0.2) is 31.4 Å². The molecule has 0 radical (unpaired) electrons. The Bertz CT molecular complexity index is 614. The van der Waals surface area contributed by atoms with E-state index in [9.17, 15) is 8.42 Å². The summed E-state index contributed by atoms with van der Waals surface area (Å²) in [6, 6.07) is 5.01. The molecule has 1 heterocycles. The fraction of sp³-hybridized carbons (Fsp3) is 0.500. The highest BCUT2D eigenvalue weighted by molar-refractivity contribution is 7.83. The molecular formula is C12H15Cl2NO5S. The highest BCUT2D eigenvalue weighted by Crippen LogP contribution is 2.43. The molecule has 1 saturated heterocycles. The van der Waals surface area contributed by atoms with E-state index in [1.165, 1.54) is 0 Å². The predicted molar refractivity (Wildman–Crippen MR) is 78.8 cm³/mol. The second-order valence-corrected chi connectivity index (χ2v) is 7.11. The number of benzene rings is 1. The Labute approximate surface area is 133 Å². The Morgan fingerprint density at radius 2 is 1.86 bits per heavy atom. The Balaban J connectivity index is 2.30. The van der Waals surface area contributed by atoms with Crippen LogP contribution < -0.4 is 4.72 Å². The van der Waals surface area contributed by atoms with E-state index in [4.69, 9.17) is 37.2 Å². The third-order valence-electron chi connectivity index (χ3n) is 2.93. The van der Waals surface area contributed by atoms with Gasteiger partial charge in [-0.2, -0.15) is 13.1 Å². The van der Waals surface area contributed by atoms with Crippen LogP contribution in [0.15, 0.2) is 18.2 Å². The van der Waals surface area contributed by atoms with E-state index in [1.54, 1.807) is 32.0 Å². The van der Waals surface area contributed by atoms with Gasteiger partial charge < -0.3 is 9.47 Å². The van der Waals surface area contributed by atoms with Crippen LogP contribution in [0.2, 0.25) is 10.0 Å². The maximum absolute atomic E-state index is 10.8. The fourth-order valence-corrected chi connectivity index (χ4v) is 3.19. The van der Waals surface area contributed by atoms with Crippen LogP contribution >= 0.6 is 23.2 Å². The Morgan fingerprint density at radius 1 is 1.29 bits per heavy atom. The van der Waals surface area contributed by atoms with Gasteiger partial charge in [0.05, 0.1) is 0 Å². The van der Waals surface area contributed by atoms with Gasteiger partial charge in [-0.05, 0) is 26.0 Å². The van der Waals surface area contributed by atoms with Crippen molar-refractivity contribution in [2.24, 2.45) is 0 Å². The Morgan fingerprint density at radius 3 is 2.38 bits per heavy atom. The van der Waals surface area contributed by atoms with Gasteiger partial charge in [-0.25, -0.2) is 0 Å². The normalized spacial score (nSPS) is 25.2. The zero-order valence-electron chi connectivity index (χ0n) is 11.3. The molecular weight excluding hydrogens is 341 g/mol. The van der Waals surface area contributed by atoms with Crippen molar-refractivity contribution in [3.63, 3.8) is 0 Å². The molecule has 9 heteroatoms. The molecule has 0 amide bonds. The van der Waals surface area contributed by atoms with Crippen molar-refractivity contribution >= 4 is 33.5 Å². The highest BCUT2D eigenvalue weighted by atomic mass is 35.5. The van der Waals surface area contributed by atoms with Crippen molar-refractivity contribution in [3.8, 4) is 0 Å². The molecule has 0 aliphatic carbocycles. The molecule has 2 N–H and O–H groups in total. The molecule has 1 fully saturated rings. The molecule has 1 aromatic rings. The van der Waals surface area contributed by atoms with Crippen LogP contribution in [0.3, 0.4) is 0 Å². The lowest BCUT2D eigenvalue weighted by atomic mass is 10.0. The van der Waals surface area contributed by atoms with Crippen molar-refractivity contribution in [2.75, 3.05) is 6.54 Å². The summed E-state index contributed by atoms with van der Waals surface area (Å²) in [5.74, 6) is -0.932. The number of ether oxygens (including phenoxy) is 2. The summed E-state index contributed by atoms with van der Waals surface area (Å²) in [6.07, 6.45) is -1.34. The van der Waals surface area contributed by atoms with Crippen molar-refractivity contribution < 1.29 is 22.4 Å². The van der Waals surface area contributed by atoms with Crippen LogP contribution in [0, 0.1) is 0 Å². The maximum Gasteiger partial charge on any atom is 0.333 e. The molecule has 0 saturated carbocycles. The zero-order chi connectivity index (χ0) is 15.8. The van der Waals surface area contributed by atoms with Crippen LogP contribution in [0.5, 0.6) is 0 Å². The van der Waals surface area contributed by atoms with Gasteiger partial charge >= 0.3 is 10.3 Å². The van der Waals surface area contributed by atoms with Gasteiger partial charge in [0, 0.05) is 22.2 Å². The predicted octanol–water partition coefficient (Wildman–Crippen LogP) is 2.58. The summed E-state index contributed by atoms with van der Waals surface area (Å²) in [6.45, 7) is 3.21. The first-order chi connectivity index (χ1) is 9.59. The van der Waals surface area contributed by atoms with E-state index in [0.717, 1.165) is 0 Å². The van der Waals surface area contributed by atoms with Crippen LogP contribution in [-0.2, 0) is 19.8 Å². The monoisotopic (exact) mass is 355 g/mol. The summed E-state index contributed by atoms with van der Waals surface area (Å²) >= 11 is 12.3. The summed E-state index contributed by atoms with van der Waals surface area (Å²) in [5, 5.41) is 0.788. The summed E-state index contributed by atoms with van der Waals surface area (Å²) < 4.78 is 43.8. The fourth-order valence-electron chi connectivity index (χ4n) is 2.20. The minimum atomic E-state index is -4.33. The lowest BCUT2D eigenvalue weighted by Crippen LogP contribution is -2.35. The summed E-state index contributed by atoms with van der Waals surface area (Å²) in [5.41, 5.74) is 0.522. The number of nitrogens with one attached hydrogen (secondary N) is 1. The minimum Gasteiger partial charge on any atom is -0.343 e. The topological polar surface area (TPSA) is 84.9 Å². The molecule has 21 heavy (non-hydrogen) atoms. The number of halogens is 2. The van der Waals surface area contributed by atoms with Crippen LogP contribution in [0.4, 0.5) is 0 Å². The summed E-state index contributed by atoms with van der Waals surface area (Å²) in [7, 11) is -4.33. The average molecular weight is 356 g/mol. The molecule has 2 rings (SSSR count). The lowest BCUT2D eigenvalue weighted by molar-refractivity contribution is -0.146. The van der Waals surface area contributed by atoms with Gasteiger partial charge in [-0.15, -0.1) is 0 Å². The molecule has 1 aliphatic rings. The molecule has 1 aliphatic heterocycles. The van der Waals surface area contributed by atoms with Crippen molar-refractivity contribution in [1.82, 2.24) is 4.72 Å². The third kappa shape index (κ3) is 4.29. The van der Waals surface area contributed by atoms with E-state index in [-0.39, 0.29) is 6.54 Å². The number of hydrogen-bond donors (Lipinski definition) is 2. The Kier molecular flexibility index (Phi) is 4.84. The molecule has 0 spiro atoms. The van der Waals surface area contributed by atoms with Crippen molar-refractivity contribution in [1.29, 1.82) is 0 Å². The molecule has 2 atom stereocenters. The van der Waals surface area contributed by atoms with E-state index in [0.29, 0.717) is 15.6 Å². The second-order valence-electron chi connectivity index (χ2n) is 5.05. The third-order valence-corrected chi connectivity index (χ3v) is 4.13. The standard InChI is InChI=1S/C12H15Cl2NO5S/c1-12(2)19-9(6-15-21(16,17)18)11(20-12)10-7(13)4-3-5-8(10)14/h3-5,9,11,15H,6H2,1-2H3,(H,16,17,18). The van der Waals surface area contributed by atoms with Crippen molar-refractivity contribution in [2.45, 2.75) is 31.8 Å². The average Bonchev–Trinajstić information content (AvgIpc) is 2.61. The zero-order valence-corrected chi connectivity index (χ0v) is 13.7. The Hall–Kier alpha value is -0.410. The molecule has 6 nitrogen and oxygen atoms in total. The smallest absolute Gasteiger partial charge is 0.333 e. The van der Waals surface area contributed by atoms with Crippen LogP contribution in [0.1, 0.15) is 25.5 Å². The summed E-state index contributed by atoms with van der Waals surface area (Å²) in [4.78, 5) is 0. The lowest BCUT2D eigenvalue weighted by Gasteiger charge is -2.19. The van der Waals surface area contributed by atoms with E-state index in [1.807, 2.05) is 4.72 Å². The van der Waals surface area contributed by atoms with Crippen LogP contribution in [0.25, 0.3) is 0 Å². The molecule has 2 unspecified atom stereocenters. The molecule has 0 aromatic heterocycles. The first kappa shape index (κ1) is 17.0. The van der Waals surface area contributed by atoms with Gasteiger partial charge in [-0.1, -0.05) is 29.3 Å². The van der Waals surface area contributed by atoms with E-state index >= 15 is 0 Å². The van der Waals surface area contributed by atoms with Crippen molar-refractivity contribution in [3.05, 3.63) is 33.8 Å². The first-order valence-electron chi connectivity index (χ1n) is 6.11. The second kappa shape index (κ2) is 6.00. The van der Waals surface area contributed by atoms with Gasteiger partial charge in [-0.3, -0.25) is 4.55 Å². The largest absolute Gasteiger partial charge is 0.343 e. The maximum atomic E-state index is 10.8. The minimum absolute atomic E-state index is 0.172. The highest BCUT2D eigenvalue weighted by Gasteiger charge is 2.43. The molecule has 118 valence electrons. The van der Waals surface area contributed by atoms with Gasteiger partial charge in [0.25, 0.3) is 0 Å². The molecule has 0 bridgehead atoms. The number of rotatable bonds is 4.